The molecule has 3 heteroatoms. The van der Waals surface area contributed by atoms with Crippen LogP contribution in [-0.2, 0) is 4.74 Å². The van der Waals surface area contributed by atoms with E-state index in [2.05, 4.69) is 12.8 Å². The minimum atomic E-state index is 0.445. The molecule has 0 N–H and O–H groups in total. The standard InChI is InChI=1S/C8H11OS2/c1-3-4-9-5-8-6-10-7(2)11-8/h1,8H,4-6H2,2H3. The van der Waals surface area contributed by atoms with Crippen molar-refractivity contribution in [1.82, 2.24) is 0 Å². The molecule has 61 valence electrons. The highest BCUT2D eigenvalue weighted by Crippen LogP contribution is 2.43. The van der Waals surface area contributed by atoms with Crippen molar-refractivity contribution in [3.05, 3.63) is 4.58 Å². The van der Waals surface area contributed by atoms with Gasteiger partial charge in [0.25, 0.3) is 0 Å². The molecular weight excluding hydrogens is 176 g/mol. The number of hydrogen-bond acceptors (Lipinski definition) is 3. The highest BCUT2D eigenvalue weighted by molar-refractivity contribution is 8.24. The molecule has 1 nitrogen and oxygen atoms in total. The van der Waals surface area contributed by atoms with E-state index in [9.17, 15) is 0 Å². The lowest BCUT2D eigenvalue weighted by Gasteiger charge is -2.06. The Morgan fingerprint density at radius 2 is 2.64 bits per heavy atom. The Hall–Kier alpha value is 0.220. The molecule has 1 fully saturated rings. The Bertz CT molecular complexity index is 153. The molecule has 1 unspecified atom stereocenters. The second-order valence-corrected chi connectivity index (χ2v) is 5.27. The molecule has 1 saturated heterocycles. The smallest absolute Gasteiger partial charge is 0.107 e. The Balaban J connectivity index is 2.05. The van der Waals surface area contributed by atoms with Crippen LogP contribution >= 0.6 is 23.5 Å². The summed E-state index contributed by atoms with van der Waals surface area (Å²) >= 11 is 3.81. The molecule has 11 heavy (non-hydrogen) atoms. The quantitative estimate of drug-likeness (QED) is 0.494. The van der Waals surface area contributed by atoms with Gasteiger partial charge in [-0.1, -0.05) is 5.92 Å². The molecule has 0 aromatic rings. The van der Waals surface area contributed by atoms with Crippen LogP contribution in [0.25, 0.3) is 0 Å². The molecule has 0 aliphatic carbocycles. The maximum absolute atomic E-state index is 5.23. The largest absolute Gasteiger partial charge is 0.368 e. The molecule has 1 rings (SSSR count). The number of thioether (sulfide) groups is 2. The fraction of sp³-hybridized carbons (Fsp3) is 0.625. The molecule has 1 heterocycles. The Morgan fingerprint density at radius 1 is 1.82 bits per heavy atom. The van der Waals surface area contributed by atoms with Crippen molar-refractivity contribution in [3.63, 3.8) is 0 Å². The molecule has 0 bridgehead atoms. The minimum absolute atomic E-state index is 0.445. The first-order valence-electron chi connectivity index (χ1n) is 3.47. The van der Waals surface area contributed by atoms with E-state index < -0.39 is 0 Å². The lowest BCUT2D eigenvalue weighted by molar-refractivity contribution is 0.172. The predicted octanol–water partition coefficient (Wildman–Crippen LogP) is 1.99. The van der Waals surface area contributed by atoms with Gasteiger partial charge in [0.2, 0.25) is 0 Å². The van der Waals surface area contributed by atoms with E-state index in [0.29, 0.717) is 11.9 Å². The molecule has 0 spiro atoms. The second-order valence-electron chi connectivity index (χ2n) is 2.26. The van der Waals surface area contributed by atoms with E-state index in [1.165, 1.54) is 10.3 Å². The van der Waals surface area contributed by atoms with Crippen LogP contribution in [0.5, 0.6) is 0 Å². The zero-order valence-corrected chi connectivity index (χ0v) is 8.13. The molecule has 0 aromatic carbocycles. The van der Waals surface area contributed by atoms with Gasteiger partial charge in [0.15, 0.2) is 0 Å². The van der Waals surface area contributed by atoms with Gasteiger partial charge >= 0.3 is 0 Å². The van der Waals surface area contributed by atoms with Crippen LogP contribution in [0.4, 0.5) is 0 Å². The van der Waals surface area contributed by atoms with Gasteiger partial charge in [0.1, 0.15) is 6.61 Å². The van der Waals surface area contributed by atoms with Gasteiger partial charge in [-0.3, -0.25) is 0 Å². The first kappa shape index (κ1) is 9.31. The van der Waals surface area contributed by atoms with Gasteiger partial charge in [-0.25, -0.2) is 0 Å². The van der Waals surface area contributed by atoms with E-state index in [1.54, 1.807) is 0 Å². The van der Waals surface area contributed by atoms with Gasteiger partial charge < -0.3 is 4.74 Å². The van der Waals surface area contributed by atoms with Gasteiger partial charge in [-0.2, -0.15) is 0 Å². The van der Waals surface area contributed by atoms with Crippen molar-refractivity contribution < 1.29 is 4.74 Å². The first-order chi connectivity index (χ1) is 5.33. The fourth-order valence-electron chi connectivity index (χ4n) is 0.844. The summed E-state index contributed by atoms with van der Waals surface area (Å²) in [4.78, 5) is 0. The first-order valence-corrected chi connectivity index (χ1v) is 5.33. The average Bonchev–Trinajstić information content (AvgIpc) is 2.37. The van der Waals surface area contributed by atoms with E-state index in [4.69, 9.17) is 11.2 Å². The van der Waals surface area contributed by atoms with Crippen LogP contribution in [0.1, 0.15) is 6.92 Å². The van der Waals surface area contributed by atoms with Crippen molar-refractivity contribution in [1.29, 1.82) is 0 Å². The minimum Gasteiger partial charge on any atom is -0.368 e. The van der Waals surface area contributed by atoms with Crippen LogP contribution in [0, 0.1) is 16.9 Å². The number of rotatable bonds is 3. The van der Waals surface area contributed by atoms with Crippen molar-refractivity contribution >= 4 is 23.5 Å². The number of ether oxygens (including phenoxy) is 1. The third-order valence-corrected chi connectivity index (χ3v) is 4.09. The maximum Gasteiger partial charge on any atom is 0.107 e. The zero-order valence-electron chi connectivity index (χ0n) is 6.50. The lowest BCUT2D eigenvalue weighted by atomic mass is 10.5. The number of terminal acetylenes is 1. The predicted molar refractivity (Wildman–Crippen MR) is 52.4 cm³/mol. The van der Waals surface area contributed by atoms with E-state index in [1.807, 2.05) is 23.5 Å². The van der Waals surface area contributed by atoms with Crippen LogP contribution in [0.2, 0.25) is 0 Å². The Labute approximate surface area is 76.6 Å². The molecule has 1 atom stereocenters. The summed E-state index contributed by atoms with van der Waals surface area (Å²) in [5.74, 6) is 3.63. The summed E-state index contributed by atoms with van der Waals surface area (Å²) in [6.07, 6.45) is 5.05. The second kappa shape index (κ2) is 4.97. The third-order valence-electron chi connectivity index (χ3n) is 1.29. The zero-order chi connectivity index (χ0) is 8.10. The number of hydrogen-bond donors (Lipinski definition) is 0. The van der Waals surface area contributed by atoms with Gasteiger partial charge in [0.05, 0.1) is 11.2 Å². The molecular formula is C8H11OS2. The van der Waals surface area contributed by atoms with E-state index >= 15 is 0 Å². The van der Waals surface area contributed by atoms with E-state index in [0.717, 1.165) is 6.61 Å². The van der Waals surface area contributed by atoms with Crippen LogP contribution < -0.4 is 0 Å². The third kappa shape index (κ3) is 3.42. The highest BCUT2D eigenvalue weighted by atomic mass is 32.2. The van der Waals surface area contributed by atoms with Gasteiger partial charge in [-0.15, -0.1) is 29.9 Å². The SMILES string of the molecule is C#CCOCC1CS[C](C)S1. The molecule has 0 aromatic heterocycles. The van der Waals surface area contributed by atoms with Gasteiger partial charge in [0, 0.05) is 11.0 Å². The highest BCUT2D eigenvalue weighted by Gasteiger charge is 2.22. The van der Waals surface area contributed by atoms with Crippen LogP contribution in [0.15, 0.2) is 0 Å². The molecule has 1 aliphatic rings. The molecule has 0 saturated carbocycles. The molecule has 1 aliphatic heterocycles. The molecule has 0 amide bonds. The summed E-state index contributed by atoms with van der Waals surface area (Å²) in [6, 6.07) is 0. The van der Waals surface area contributed by atoms with Crippen molar-refractivity contribution in [2.24, 2.45) is 0 Å². The fourth-order valence-corrected chi connectivity index (χ4v) is 3.36. The monoisotopic (exact) mass is 187 g/mol. The Morgan fingerprint density at radius 3 is 3.18 bits per heavy atom. The summed E-state index contributed by atoms with van der Waals surface area (Å²) in [7, 11) is 0. The topological polar surface area (TPSA) is 9.23 Å². The van der Waals surface area contributed by atoms with Crippen molar-refractivity contribution in [2.75, 3.05) is 19.0 Å². The van der Waals surface area contributed by atoms with E-state index in [-0.39, 0.29) is 0 Å². The Kier molecular flexibility index (Phi) is 4.21. The molecule has 1 radical (unpaired) electrons. The van der Waals surface area contributed by atoms with Crippen LogP contribution in [-0.4, -0.2) is 24.2 Å². The lowest BCUT2D eigenvalue weighted by Crippen LogP contribution is -2.11. The van der Waals surface area contributed by atoms with Gasteiger partial charge in [-0.05, 0) is 6.92 Å². The van der Waals surface area contributed by atoms with Crippen molar-refractivity contribution in [3.8, 4) is 12.3 Å². The van der Waals surface area contributed by atoms with Crippen LogP contribution in [0.3, 0.4) is 0 Å². The summed E-state index contributed by atoms with van der Waals surface area (Å²) in [6.45, 7) is 3.39. The van der Waals surface area contributed by atoms with Crippen molar-refractivity contribution in [2.45, 2.75) is 12.2 Å². The summed E-state index contributed by atoms with van der Waals surface area (Å²) in [5.41, 5.74) is 0. The summed E-state index contributed by atoms with van der Waals surface area (Å²) in [5, 5.41) is 0.619. The normalized spacial score (nSPS) is 25.3. The summed E-state index contributed by atoms with van der Waals surface area (Å²) < 4.78 is 6.68. The maximum atomic E-state index is 5.23. The average molecular weight is 187 g/mol.